The number of nitrogens with zero attached hydrogens (tertiary/aromatic N) is 1. The Morgan fingerprint density at radius 2 is 2.00 bits per heavy atom. The number of aromatic nitrogens is 2. The molecular weight excluding hydrogens is 330 g/mol. The van der Waals surface area contributed by atoms with Crippen molar-refractivity contribution in [3.63, 3.8) is 0 Å². The molecule has 0 aliphatic rings. The highest BCUT2D eigenvalue weighted by Gasteiger charge is 2.21. The lowest BCUT2D eigenvalue weighted by Crippen LogP contribution is -2.30. The fourth-order valence-corrected chi connectivity index (χ4v) is 1.94. The summed E-state index contributed by atoms with van der Waals surface area (Å²) >= 11 is 0. The molecule has 9 heteroatoms. The highest BCUT2D eigenvalue weighted by molar-refractivity contribution is 5.89. The highest BCUT2D eigenvalue weighted by atomic mass is 16.5. The second-order valence-corrected chi connectivity index (χ2v) is 5.07. The summed E-state index contributed by atoms with van der Waals surface area (Å²) in [4.78, 5) is 41.2. The van der Waals surface area contributed by atoms with Crippen molar-refractivity contribution in [3.05, 3.63) is 57.8 Å². The van der Waals surface area contributed by atoms with Gasteiger partial charge in [-0.15, -0.1) is 0 Å². The summed E-state index contributed by atoms with van der Waals surface area (Å²) < 4.78 is 9.51. The van der Waals surface area contributed by atoms with Crippen molar-refractivity contribution in [2.45, 2.75) is 19.6 Å². The van der Waals surface area contributed by atoms with Crippen LogP contribution in [0.3, 0.4) is 0 Å². The Labute approximate surface area is 142 Å². The van der Waals surface area contributed by atoms with Gasteiger partial charge in [0.1, 0.15) is 12.4 Å². The van der Waals surface area contributed by atoms with Crippen LogP contribution in [0.5, 0.6) is 5.75 Å². The first-order valence-corrected chi connectivity index (χ1v) is 7.31. The Morgan fingerprint density at radius 1 is 1.32 bits per heavy atom. The molecule has 0 bridgehead atoms. The van der Waals surface area contributed by atoms with Gasteiger partial charge in [0.2, 0.25) is 5.75 Å². The quantitative estimate of drug-likeness (QED) is 0.694. The molecule has 0 fully saturated rings. The molecule has 0 aliphatic heterocycles. The number of nitrogens with one attached hydrogen (secondary N) is 2. The van der Waals surface area contributed by atoms with Crippen LogP contribution in [0.2, 0.25) is 0 Å². The zero-order chi connectivity index (χ0) is 18.4. The number of aromatic hydroxyl groups is 1. The largest absolute Gasteiger partial charge is 0.501 e. The maximum atomic E-state index is 11.8. The van der Waals surface area contributed by atoms with Gasteiger partial charge in [-0.25, -0.2) is 14.6 Å². The van der Waals surface area contributed by atoms with E-state index < -0.39 is 35.1 Å². The second kappa shape index (κ2) is 7.95. The predicted molar refractivity (Wildman–Crippen MR) is 86.0 cm³/mol. The molecule has 132 valence electrons. The van der Waals surface area contributed by atoms with E-state index in [4.69, 9.17) is 4.74 Å². The molecule has 1 atom stereocenters. The number of ether oxygens (including phenoxy) is 2. The maximum absolute atomic E-state index is 11.8. The number of benzene rings is 1. The smallest absolute Gasteiger partial charge is 0.408 e. The molecule has 0 saturated carbocycles. The van der Waals surface area contributed by atoms with Crippen molar-refractivity contribution >= 4 is 12.1 Å². The molecule has 1 aromatic carbocycles. The minimum Gasteiger partial charge on any atom is -0.501 e. The van der Waals surface area contributed by atoms with Gasteiger partial charge in [0.15, 0.2) is 5.69 Å². The topological polar surface area (TPSA) is 131 Å². The summed E-state index contributed by atoms with van der Waals surface area (Å²) in [7, 11) is 1.09. The van der Waals surface area contributed by atoms with Crippen LogP contribution in [0.1, 0.15) is 34.8 Å². The van der Waals surface area contributed by atoms with E-state index in [0.29, 0.717) is 0 Å². The average Bonchev–Trinajstić information content (AvgIpc) is 2.62. The van der Waals surface area contributed by atoms with E-state index >= 15 is 0 Å². The summed E-state index contributed by atoms with van der Waals surface area (Å²) in [6, 6.07) is 8.31. The molecule has 0 saturated heterocycles. The molecule has 0 aliphatic carbocycles. The van der Waals surface area contributed by atoms with E-state index in [9.17, 15) is 19.5 Å². The number of carbonyl (C=O) groups is 2. The number of methoxy groups -OCH3 is 1. The van der Waals surface area contributed by atoms with Crippen LogP contribution in [-0.2, 0) is 16.1 Å². The van der Waals surface area contributed by atoms with Crippen LogP contribution in [0.4, 0.5) is 4.79 Å². The molecular formula is C16H17N3O6. The van der Waals surface area contributed by atoms with Gasteiger partial charge < -0.3 is 24.9 Å². The highest BCUT2D eigenvalue weighted by Crippen LogP contribution is 2.13. The van der Waals surface area contributed by atoms with Crippen molar-refractivity contribution < 1.29 is 24.2 Å². The van der Waals surface area contributed by atoms with Crippen molar-refractivity contribution in [2.75, 3.05) is 7.11 Å². The number of alkyl carbamates (subject to hydrolysis) is 1. The van der Waals surface area contributed by atoms with Gasteiger partial charge in [0.25, 0.3) is 5.56 Å². The van der Waals surface area contributed by atoms with E-state index in [1.807, 2.05) is 18.2 Å². The van der Waals surface area contributed by atoms with Gasteiger partial charge in [0.05, 0.1) is 13.2 Å². The molecule has 1 amide bonds. The molecule has 3 N–H and O–H groups in total. The van der Waals surface area contributed by atoms with Crippen molar-refractivity contribution in [1.29, 1.82) is 0 Å². The summed E-state index contributed by atoms with van der Waals surface area (Å²) in [6.45, 7) is 1.60. The Balaban J connectivity index is 2.06. The van der Waals surface area contributed by atoms with Crippen LogP contribution in [0, 0.1) is 0 Å². The molecule has 1 aromatic heterocycles. The zero-order valence-corrected chi connectivity index (χ0v) is 13.6. The molecule has 2 aromatic rings. The average molecular weight is 347 g/mol. The molecule has 2 rings (SSSR count). The molecule has 0 radical (unpaired) electrons. The van der Waals surface area contributed by atoms with Crippen LogP contribution in [0.25, 0.3) is 0 Å². The van der Waals surface area contributed by atoms with Gasteiger partial charge in [-0.05, 0) is 12.5 Å². The maximum Gasteiger partial charge on any atom is 0.408 e. The third-order valence-corrected chi connectivity index (χ3v) is 3.25. The van der Waals surface area contributed by atoms with Crippen LogP contribution < -0.4 is 10.9 Å². The van der Waals surface area contributed by atoms with E-state index in [0.717, 1.165) is 12.7 Å². The number of H-pyrrole nitrogens is 1. The number of amides is 1. The van der Waals surface area contributed by atoms with Gasteiger partial charge >= 0.3 is 12.1 Å². The van der Waals surface area contributed by atoms with Crippen molar-refractivity contribution in [2.24, 2.45) is 0 Å². The monoisotopic (exact) mass is 347 g/mol. The number of rotatable bonds is 5. The van der Waals surface area contributed by atoms with Crippen molar-refractivity contribution in [1.82, 2.24) is 15.3 Å². The van der Waals surface area contributed by atoms with Gasteiger partial charge in [-0.1, -0.05) is 30.3 Å². The first-order valence-electron chi connectivity index (χ1n) is 7.31. The summed E-state index contributed by atoms with van der Waals surface area (Å²) in [6.07, 6.45) is -0.730. The molecule has 1 heterocycles. The number of hydrogen-bond acceptors (Lipinski definition) is 7. The van der Waals surface area contributed by atoms with Crippen molar-refractivity contribution in [3.8, 4) is 5.75 Å². The Morgan fingerprint density at radius 3 is 2.64 bits per heavy atom. The zero-order valence-electron chi connectivity index (χ0n) is 13.6. The summed E-state index contributed by atoms with van der Waals surface area (Å²) in [5, 5.41) is 12.0. The molecule has 1 unspecified atom stereocenters. The lowest BCUT2D eigenvalue weighted by molar-refractivity contribution is 0.0589. The number of carbonyl (C=O) groups excluding carboxylic acids is 2. The number of aromatic amines is 1. The molecule has 25 heavy (non-hydrogen) atoms. The second-order valence-electron chi connectivity index (χ2n) is 5.07. The van der Waals surface area contributed by atoms with E-state index in [1.54, 1.807) is 12.1 Å². The Hall–Kier alpha value is -3.36. The standard InChI is InChI=1S/C16H17N3O6/c1-9(17-16(23)25-8-10-6-4-3-5-7-10)13-18-11(15(22)24-2)12(20)14(21)19-13/h3-7,9,20H,8H2,1-2H3,(H,17,23)(H,18,19,21). The minimum atomic E-state index is -0.969. The first-order chi connectivity index (χ1) is 11.9. The lowest BCUT2D eigenvalue weighted by atomic mass is 10.2. The number of hydrogen-bond donors (Lipinski definition) is 3. The number of esters is 1. The fraction of sp³-hybridized carbons (Fsp3) is 0.250. The van der Waals surface area contributed by atoms with Gasteiger partial charge in [0, 0.05) is 0 Å². The van der Waals surface area contributed by atoms with Crippen LogP contribution in [0.15, 0.2) is 35.1 Å². The predicted octanol–water partition coefficient (Wildman–Crippen LogP) is 1.25. The Kier molecular flexibility index (Phi) is 5.72. The molecule has 9 nitrogen and oxygen atoms in total. The fourth-order valence-electron chi connectivity index (χ4n) is 1.94. The normalized spacial score (nSPS) is 11.4. The SMILES string of the molecule is COC(=O)c1nc(C(C)NC(=O)OCc2ccccc2)[nH]c(=O)c1O. The minimum absolute atomic E-state index is 0.0279. The van der Waals surface area contributed by atoms with Gasteiger partial charge in [-0.2, -0.15) is 0 Å². The van der Waals surface area contributed by atoms with E-state index in [-0.39, 0.29) is 12.4 Å². The van der Waals surface area contributed by atoms with Crippen LogP contribution >= 0.6 is 0 Å². The lowest BCUT2D eigenvalue weighted by Gasteiger charge is -2.14. The van der Waals surface area contributed by atoms with Crippen LogP contribution in [-0.4, -0.2) is 34.2 Å². The summed E-state index contributed by atoms with van der Waals surface area (Å²) in [5.41, 5.74) is -0.640. The molecule has 0 spiro atoms. The van der Waals surface area contributed by atoms with E-state index in [1.165, 1.54) is 6.92 Å². The Bertz CT molecular complexity index is 818. The van der Waals surface area contributed by atoms with Gasteiger partial charge in [-0.3, -0.25) is 4.79 Å². The van der Waals surface area contributed by atoms with E-state index in [2.05, 4.69) is 20.0 Å². The summed E-state index contributed by atoms with van der Waals surface area (Å²) in [5.74, 6) is -1.85. The third-order valence-electron chi connectivity index (χ3n) is 3.25. The first kappa shape index (κ1) is 18.0. The third kappa shape index (κ3) is 4.56.